The molecule has 0 unspecified atom stereocenters. The van der Waals surface area contributed by atoms with Crippen LogP contribution >= 0.6 is 35.0 Å². The normalized spacial score (nSPS) is 18.1. The molecule has 1 spiro atoms. The van der Waals surface area contributed by atoms with Crippen molar-refractivity contribution in [1.82, 2.24) is 9.97 Å². The molecule has 0 aliphatic carbocycles. The van der Waals surface area contributed by atoms with Crippen LogP contribution in [0.5, 0.6) is 0 Å². The Bertz CT molecular complexity index is 859. The molecule has 0 radical (unpaired) electrons. The van der Waals surface area contributed by atoms with Gasteiger partial charge in [0.15, 0.2) is 0 Å². The molecule has 28 heavy (non-hydrogen) atoms. The summed E-state index contributed by atoms with van der Waals surface area (Å²) >= 11 is 13.5. The number of H-pyrrole nitrogens is 1. The lowest BCUT2D eigenvalue weighted by Gasteiger charge is -2.38. The molecule has 5 nitrogen and oxygen atoms in total. The third kappa shape index (κ3) is 4.67. The Hall–Kier alpha value is -1.21. The van der Waals surface area contributed by atoms with Gasteiger partial charge in [0.05, 0.1) is 27.7 Å². The first-order valence-electron chi connectivity index (χ1n) is 9.60. The highest BCUT2D eigenvalue weighted by Gasteiger charge is 2.38. The van der Waals surface area contributed by atoms with Crippen LogP contribution < -0.4 is 10.5 Å². The average Bonchev–Trinajstić information content (AvgIpc) is 3.17. The zero-order valence-electron chi connectivity index (χ0n) is 16.1. The predicted molar refractivity (Wildman–Crippen MR) is 116 cm³/mol. The van der Waals surface area contributed by atoms with Gasteiger partial charge in [-0.05, 0) is 36.8 Å². The van der Waals surface area contributed by atoms with E-state index in [9.17, 15) is 4.79 Å². The molecule has 152 valence electrons. The quantitative estimate of drug-likeness (QED) is 0.703. The second kappa shape index (κ2) is 9.53. The highest BCUT2D eigenvalue weighted by atomic mass is 35.5. The number of nitrogens with zero attached hydrogens (tertiary/aromatic N) is 2. The van der Waals surface area contributed by atoms with Gasteiger partial charge >= 0.3 is 0 Å². The van der Waals surface area contributed by atoms with Crippen LogP contribution in [-0.4, -0.2) is 36.3 Å². The van der Waals surface area contributed by atoms with Crippen LogP contribution in [0.25, 0.3) is 0 Å². The molecule has 0 amide bonds. The summed E-state index contributed by atoms with van der Waals surface area (Å²) in [5.41, 5.74) is 0.163. The standard InChI is InChI=1S/C18H19Cl2N3O2S.C2H6/c19-12-2-1-3-13(15(12)20)26-14-10-21-17(22-16(14)24)23-7-4-18(5-8-23)6-9-25-11-18;1-2/h1-3,10H,4-9,11H2,(H,21,22,24);1-2H3. The van der Waals surface area contributed by atoms with E-state index in [1.807, 2.05) is 26.0 Å². The number of aromatic amines is 1. The van der Waals surface area contributed by atoms with Gasteiger partial charge in [0.25, 0.3) is 5.56 Å². The molecule has 2 saturated heterocycles. The Morgan fingerprint density at radius 3 is 2.57 bits per heavy atom. The molecule has 4 rings (SSSR count). The first-order valence-corrected chi connectivity index (χ1v) is 11.2. The molecule has 2 aliphatic rings. The number of nitrogens with one attached hydrogen (secondary N) is 1. The van der Waals surface area contributed by atoms with Gasteiger partial charge in [0.2, 0.25) is 5.95 Å². The van der Waals surface area contributed by atoms with Crippen LogP contribution in [-0.2, 0) is 4.74 Å². The van der Waals surface area contributed by atoms with Crippen molar-refractivity contribution in [2.45, 2.75) is 42.9 Å². The number of hydrogen-bond donors (Lipinski definition) is 1. The maximum absolute atomic E-state index is 12.5. The van der Waals surface area contributed by atoms with Gasteiger partial charge < -0.3 is 9.64 Å². The SMILES string of the molecule is CC.O=c1[nH]c(N2CCC3(CCOC3)CC2)ncc1Sc1cccc(Cl)c1Cl. The Kier molecular flexibility index (Phi) is 7.31. The molecule has 8 heteroatoms. The summed E-state index contributed by atoms with van der Waals surface area (Å²) in [6, 6.07) is 5.36. The van der Waals surface area contributed by atoms with E-state index in [1.54, 1.807) is 12.3 Å². The number of rotatable bonds is 3. The van der Waals surface area contributed by atoms with E-state index in [-0.39, 0.29) is 5.56 Å². The Morgan fingerprint density at radius 2 is 1.93 bits per heavy atom. The van der Waals surface area contributed by atoms with Gasteiger partial charge in [-0.3, -0.25) is 9.78 Å². The molecule has 2 aromatic rings. The second-order valence-electron chi connectivity index (χ2n) is 6.84. The van der Waals surface area contributed by atoms with Crippen molar-refractivity contribution in [1.29, 1.82) is 0 Å². The number of halogens is 2. The van der Waals surface area contributed by atoms with Crippen LogP contribution in [0.2, 0.25) is 10.0 Å². The maximum Gasteiger partial charge on any atom is 0.266 e. The van der Waals surface area contributed by atoms with E-state index in [1.165, 1.54) is 11.8 Å². The number of hydrogen-bond acceptors (Lipinski definition) is 5. The zero-order chi connectivity index (χ0) is 20.1. The molecular formula is C20H25Cl2N3O2S. The topological polar surface area (TPSA) is 58.2 Å². The summed E-state index contributed by atoms with van der Waals surface area (Å²) in [4.78, 5) is 23.2. The minimum absolute atomic E-state index is 0.166. The van der Waals surface area contributed by atoms with Gasteiger partial charge in [-0.25, -0.2) is 4.98 Å². The molecule has 0 atom stereocenters. The Labute approximate surface area is 179 Å². The molecule has 0 saturated carbocycles. The molecule has 2 fully saturated rings. The summed E-state index contributed by atoms with van der Waals surface area (Å²) in [7, 11) is 0. The minimum atomic E-state index is -0.166. The largest absolute Gasteiger partial charge is 0.381 e. The lowest BCUT2D eigenvalue weighted by Crippen LogP contribution is -2.41. The van der Waals surface area contributed by atoms with E-state index < -0.39 is 0 Å². The van der Waals surface area contributed by atoms with Crippen molar-refractivity contribution in [3.8, 4) is 0 Å². The maximum atomic E-state index is 12.5. The van der Waals surface area contributed by atoms with E-state index >= 15 is 0 Å². The number of benzene rings is 1. The summed E-state index contributed by atoms with van der Waals surface area (Å²) in [5.74, 6) is 0.630. The van der Waals surface area contributed by atoms with Crippen LogP contribution in [0.15, 0.2) is 39.0 Å². The van der Waals surface area contributed by atoms with Crippen LogP contribution in [0.1, 0.15) is 33.1 Å². The number of aromatic nitrogens is 2. The van der Waals surface area contributed by atoms with Crippen molar-refractivity contribution >= 4 is 40.9 Å². The summed E-state index contributed by atoms with van der Waals surface area (Å²) in [6.07, 6.45) is 4.90. The third-order valence-corrected chi connectivity index (χ3v) is 7.20. The van der Waals surface area contributed by atoms with Gasteiger partial charge in [0, 0.05) is 24.6 Å². The molecule has 2 aliphatic heterocycles. The van der Waals surface area contributed by atoms with Crippen molar-refractivity contribution < 1.29 is 4.74 Å². The Balaban J connectivity index is 0.00000109. The van der Waals surface area contributed by atoms with E-state index in [2.05, 4.69) is 14.9 Å². The fourth-order valence-electron chi connectivity index (χ4n) is 3.53. The van der Waals surface area contributed by atoms with Crippen molar-refractivity contribution in [2.24, 2.45) is 5.41 Å². The van der Waals surface area contributed by atoms with Gasteiger partial charge in [-0.1, -0.05) is 54.9 Å². The Morgan fingerprint density at radius 1 is 1.18 bits per heavy atom. The average molecular weight is 442 g/mol. The number of piperidine rings is 1. The van der Waals surface area contributed by atoms with Crippen molar-refractivity contribution in [3.05, 3.63) is 44.8 Å². The highest BCUT2D eigenvalue weighted by Crippen LogP contribution is 2.40. The van der Waals surface area contributed by atoms with Gasteiger partial charge in [0.1, 0.15) is 0 Å². The highest BCUT2D eigenvalue weighted by molar-refractivity contribution is 7.99. The molecule has 1 aromatic carbocycles. The summed E-state index contributed by atoms with van der Waals surface area (Å²) in [5, 5.41) is 0.915. The first kappa shape index (κ1) is 21.5. The van der Waals surface area contributed by atoms with Gasteiger partial charge in [-0.2, -0.15) is 0 Å². The van der Waals surface area contributed by atoms with Crippen LogP contribution in [0.4, 0.5) is 5.95 Å². The van der Waals surface area contributed by atoms with Crippen molar-refractivity contribution in [3.63, 3.8) is 0 Å². The summed E-state index contributed by atoms with van der Waals surface area (Å²) < 4.78 is 5.57. The predicted octanol–water partition coefficient (Wildman–Crippen LogP) is 5.26. The zero-order valence-corrected chi connectivity index (χ0v) is 18.5. The van der Waals surface area contributed by atoms with Crippen molar-refractivity contribution in [2.75, 3.05) is 31.2 Å². The fraction of sp³-hybridized carbons (Fsp3) is 0.500. The summed E-state index contributed by atoms with van der Waals surface area (Å²) in [6.45, 7) is 7.51. The van der Waals surface area contributed by atoms with E-state index in [0.29, 0.717) is 26.3 Å². The smallest absolute Gasteiger partial charge is 0.266 e. The number of ether oxygens (including phenoxy) is 1. The lowest BCUT2D eigenvalue weighted by atomic mass is 9.78. The molecular weight excluding hydrogens is 417 g/mol. The van der Waals surface area contributed by atoms with Crippen LogP contribution in [0.3, 0.4) is 0 Å². The molecule has 1 N–H and O–H groups in total. The third-order valence-electron chi connectivity index (χ3n) is 5.20. The number of anilines is 1. The van der Waals surface area contributed by atoms with Gasteiger partial charge in [-0.15, -0.1) is 0 Å². The lowest BCUT2D eigenvalue weighted by molar-refractivity contribution is 0.133. The fourth-order valence-corrected chi connectivity index (χ4v) is 4.83. The molecule has 3 heterocycles. The van der Waals surface area contributed by atoms with E-state index in [0.717, 1.165) is 50.5 Å². The van der Waals surface area contributed by atoms with E-state index in [4.69, 9.17) is 27.9 Å². The first-order chi connectivity index (χ1) is 13.6. The monoisotopic (exact) mass is 441 g/mol. The molecule has 0 bridgehead atoms. The second-order valence-corrected chi connectivity index (χ2v) is 8.71. The minimum Gasteiger partial charge on any atom is -0.381 e. The van der Waals surface area contributed by atoms with Crippen LogP contribution in [0, 0.1) is 5.41 Å². The molecule has 1 aromatic heterocycles.